The lowest BCUT2D eigenvalue weighted by molar-refractivity contribution is -0.114. The molecular weight excluding hydrogens is 457 g/mol. The topological polar surface area (TPSA) is 31.8 Å². The number of aryl methyl sites for hydroxylation is 3. The highest BCUT2D eigenvalue weighted by Crippen LogP contribution is 2.44. The molecule has 3 aromatic carbocycles. The van der Waals surface area contributed by atoms with Crippen LogP contribution in [0.2, 0.25) is 0 Å². The Balaban J connectivity index is 0.000000623. The van der Waals surface area contributed by atoms with Crippen molar-refractivity contribution in [3.05, 3.63) is 70.8 Å². The van der Waals surface area contributed by atoms with Crippen LogP contribution < -0.4 is 5.32 Å². The maximum Gasteiger partial charge on any atom is 0.673 e. The molecule has 186 valence electrons. The van der Waals surface area contributed by atoms with Crippen molar-refractivity contribution >= 4 is 40.8 Å². The number of hydrogen-bond donors (Lipinski definition) is 1. The Hall–Kier alpha value is -3.29. The van der Waals surface area contributed by atoms with Crippen molar-refractivity contribution in [3.63, 3.8) is 0 Å². The molecule has 1 amide bonds. The average Bonchev–Trinajstić information content (AvgIpc) is 3.01. The molecule has 0 fully saturated rings. The van der Waals surface area contributed by atoms with E-state index in [9.17, 15) is 22.1 Å². The molecule has 3 nitrogen and oxygen atoms in total. The lowest BCUT2D eigenvalue weighted by Gasteiger charge is -2.19. The first-order valence-corrected chi connectivity index (χ1v) is 11.3. The van der Waals surface area contributed by atoms with E-state index >= 15 is 0 Å². The summed E-state index contributed by atoms with van der Waals surface area (Å²) in [7, 11) is -6.00. The summed E-state index contributed by atoms with van der Waals surface area (Å²) in [6, 6.07) is 17.3. The molecule has 0 bridgehead atoms. The lowest BCUT2D eigenvalue weighted by Crippen LogP contribution is -2.10. The molecule has 0 unspecified atom stereocenters. The Morgan fingerprint density at radius 1 is 0.857 bits per heavy atom. The summed E-state index contributed by atoms with van der Waals surface area (Å²) in [6.07, 6.45) is 0. The number of furan rings is 1. The Morgan fingerprint density at radius 3 is 1.94 bits per heavy atom. The number of amides is 1. The van der Waals surface area contributed by atoms with Crippen LogP contribution in [0.4, 0.5) is 23.0 Å². The fourth-order valence-electron chi connectivity index (χ4n) is 4.37. The minimum Gasteiger partial charge on any atom is -0.498 e. The molecule has 4 aromatic rings. The highest BCUT2D eigenvalue weighted by atomic mass is 19.5. The van der Waals surface area contributed by atoms with Gasteiger partial charge in [-0.15, -0.1) is 0 Å². The molecule has 0 saturated heterocycles. The Bertz CT molecular complexity index is 1410. The van der Waals surface area contributed by atoms with Crippen molar-refractivity contribution in [1.29, 1.82) is 0 Å². The zero-order chi connectivity index (χ0) is 26.3. The van der Waals surface area contributed by atoms with E-state index in [4.69, 9.17) is 0 Å². The molecule has 0 aliphatic rings. The van der Waals surface area contributed by atoms with Crippen molar-refractivity contribution in [1.82, 2.24) is 0 Å². The predicted molar refractivity (Wildman–Crippen MR) is 137 cm³/mol. The first-order valence-electron chi connectivity index (χ1n) is 11.3. The summed E-state index contributed by atoms with van der Waals surface area (Å²) >= 11 is 0. The summed E-state index contributed by atoms with van der Waals surface area (Å²) in [5, 5.41) is 5.27. The van der Waals surface area contributed by atoms with E-state index in [0.717, 1.165) is 33.6 Å². The number of rotatable bonds is 2. The van der Waals surface area contributed by atoms with Crippen molar-refractivity contribution in [2.24, 2.45) is 0 Å². The highest BCUT2D eigenvalue weighted by Gasteiger charge is 2.26. The molecule has 0 saturated carbocycles. The van der Waals surface area contributed by atoms with E-state index < -0.39 is 7.25 Å². The van der Waals surface area contributed by atoms with E-state index in [1.165, 1.54) is 22.1 Å². The first kappa shape index (κ1) is 26.3. The van der Waals surface area contributed by atoms with Gasteiger partial charge in [-0.05, 0) is 61.6 Å². The van der Waals surface area contributed by atoms with Gasteiger partial charge in [0.15, 0.2) is 0 Å². The normalized spacial score (nSPS) is 12.0. The molecule has 1 heterocycles. The van der Waals surface area contributed by atoms with Crippen LogP contribution in [0.1, 0.15) is 49.9 Å². The Morgan fingerprint density at radius 2 is 1.40 bits per heavy atom. The highest BCUT2D eigenvalue weighted by molar-refractivity contribution is 6.50. The quantitative estimate of drug-likeness (QED) is 0.171. The molecular formula is C27H30BF4NO2. The number of carbonyl (C=O) groups is 1. The third-order valence-electron chi connectivity index (χ3n) is 5.65. The maximum absolute atomic E-state index is 11.7. The SMILES string of the molecule is CC(=O)Nc1cc(C)c2c(c1)c1cc(C)cc(C)c1[o+]2-c1cccc(C(C)(C)C)c1.F[B-](F)(F)F. The van der Waals surface area contributed by atoms with Crippen LogP contribution in [0.25, 0.3) is 27.7 Å². The molecule has 4 rings (SSSR count). The number of nitrogens with one attached hydrogen (secondary N) is 1. The van der Waals surface area contributed by atoms with Gasteiger partial charge in [0.2, 0.25) is 5.91 Å². The van der Waals surface area contributed by atoms with Crippen LogP contribution in [0.5, 0.6) is 0 Å². The van der Waals surface area contributed by atoms with Gasteiger partial charge in [0.05, 0.1) is 10.8 Å². The van der Waals surface area contributed by atoms with Gasteiger partial charge in [0.1, 0.15) is 0 Å². The summed E-state index contributed by atoms with van der Waals surface area (Å²) in [6.45, 7) is 14.7. The van der Waals surface area contributed by atoms with Gasteiger partial charge in [-0.2, -0.15) is 0 Å². The lowest BCUT2D eigenvalue weighted by atomic mass is 9.87. The number of halogens is 4. The van der Waals surface area contributed by atoms with E-state index in [2.05, 4.69) is 93.4 Å². The fourth-order valence-corrected chi connectivity index (χ4v) is 4.37. The molecule has 0 aliphatic carbocycles. The monoisotopic (exact) mass is 487 g/mol. The van der Waals surface area contributed by atoms with E-state index in [1.807, 2.05) is 6.07 Å². The van der Waals surface area contributed by atoms with Crippen LogP contribution >= 0.6 is 0 Å². The molecule has 35 heavy (non-hydrogen) atoms. The van der Waals surface area contributed by atoms with Crippen LogP contribution in [0, 0.1) is 20.8 Å². The minimum absolute atomic E-state index is 0.0598. The van der Waals surface area contributed by atoms with E-state index in [0.29, 0.717) is 0 Å². The maximum atomic E-state index is 11.7. The van der Waals surface area contributed by atoms with Gasteiger partial charge in [0, 0.05) is 35.9 Å². The molecule has 0 spiro atoms. The second-order valence-corrected chi connectivity index (χ2v) is 9.89. The van der Waals surface area contributed by atoms with Crippen molar-refractivity contribution in [2.45, 2.75) is 53.9 Å². The van der Waals surface area contributed by atoms with E-state index in [-0.39, 0.29) is 11.3 Å². The largest absolute Gasteiger partial charge is 0.673 e. The summed E-state index contributed by atoms with van der Waals surface area (Å²) in [4.78, 5) is 11.7. The van der Waals surface area contributed by atoms with Gasteiger partial charge < -0.3 is 26.6 Å². The molecule has 8 heteroatoms. The second kappa shape index (κ2) is 9.40. The van der Waals surface area contributed by atoms with Crippen LogP contribution in [0.3, 0.4) is 0 Å². The third-order valence-corrected chi connectivity index (χ3v) is 5.65. The van der Waals surface area contributed by atoms with Gasteiger partial charge in [0.25, 0.3) is 16.9 Å². The Labute approximate surface area is 202 Å². The zero-order valence-electron chi connectivity index (χ0n) is 21.0. The first-order chi connectivity index (χ1) is 16.1. The second-order valence-electron chi connectivity index (χ2n) is 9.89. The fraction of sp³-hybridized carbons (Fsp3) is 0.296. The molecule has 1 aromatic heterocycles. The van der Waals surface area contributed by atoms with E-state index in [1.54, 1.807) is 6.92 Å². The molecule has 1 N–H and O–H groups in total. The van der Waals surface area contributed by atoms with Gasteiger partial charge in [-0.25, -0.2) is 0 Å². The van der Waals surface area contributed by atoms with Crippen LogP contribution in [0.15, 0.2) is 52.6 Å². The van der Waals surface area contributed by atoms with Gasteiger partial charge in [-0.3, -0.25) is 4.79 Å². The number of anilines is 1. The van der Waals surface area contributed by atoms with Crippen molar-refractivity contribution in [2.75, 3.05) is 5.32 Å². The standard InChI is InChI=1S/C27H29NO2.BF4/c1-16-11-17(2)25-23(12-16)24-15-21(28-19(4)29)13-18(3)26(24)30(25)22-10-8-9-20(14-22)27(5,6)7;2-1(3,4)5/h8-15H,1-7H3;/q;-1/p+1. The van der Waals surface area contributed by atoms with Gasteiger partial charge in [-0.1, -0.05) is 32.9 Å². The Kier molecular flexibility index (Phi) is 7.07. The summed E-state index contributed by atoms with van der Waals surface area (Å²) < 4.78 is 42.5. The van der Waals surface area contributed by atoms with Crippen LogP contribution in [-0.2, 0) is 10.2 Å². The third kappa shape index (κ3) is 6.05. The summed E-state index contributed by atoms with van der Waals surface area (Å²) in [5.41, 5.74) is 7.99. The molecule has 0 atom stereocenters. The smallest absolute Gasteiger partial charge is 0.498 e. The molecule has 0 radical (unpaired) electrons. The number of benzene rings is 3. The predicted octanol–water partition coefficient (Wildman–Crippen LogP) is 8.74. The summed E-state index contributed by atoms with van der Waals surface area (Å²) in [5.74, 6) is 1.03. The minimum atomic E-state index is -6.00. The van der Waals surface area contributed by atoms with Crippen LogP contribution in [-0.4, -0.2) is 13.2 Å². The number of hydrogen-bond acceptors (Lipinski definition) is 1. The van der Waals surface area contributed by atoms with Crippen molar-refractivity contribution in [3.8, 4) is 5.75 Å². The average molecular weight is 487 g/mol. The van der Waals surface area contributed by atoms with Crippen molar-refractivity contribution < 1.29 is 26.1 Å². The number of fused-ring (bicyclic) bond motifs is 3. The van der Waals surface area contributed by atoms with Gasteiger partial charge >= 0.3 is 7.25 Å². The molecule has 0 aliphatic heterocycles. The zero-order valence-corrected chi connectivity index (χ0v) is 21.0. The number of carbonyl (C=O) groups excluding carboxylic acids is 1.